The highest BCUT2D eigenvalue weighted by Crippen LogP contribution is 1.98. The molecule has 1 heterocycles. The monoisotopic (exact) mass is 150 g/mol. The summed E-state index contributed by atoms with van der Waals surface area (Å²) in [5, 5.41) is 3.23. The molecule has 0 atom stereocenters. The molecule has 0 saturated carbocycles. The van der Waals surface area contributed by atoms with E-state index in [9.17, 15) is 0 Å². The van der Waals surface area contributed by atoms with Gasteiger partial charge in [-0.15, -0.1) is 0 Å². The number of rotatable bonds is 3. The van der Waals surface area contributed by atoms with Gasteiger partial charge in [-0.1, -0.05) is 6.92 Å². The lowest BCUT2D eigenvalue weighted by Gasteiger charge is -2.00. The first-order chi connectivity index (χ1) is 5.33. The molecule has 0 unspecified atom stereocenters. The second kappa shape index (κ2) is 4.09. The number of nitrogens with zero attached hydrogens (tertiary/aromatic N) is 1. The number of aromatic nitrogens is 1. The van der Waals surface area contributed by atoms with E-state index in [2.05, 4.69) is 30.2 Å². The molecule has 1 aromatic heterocycles. The standard InChI is InChI=1S/C9H14N2/c1-3-10-7-9-6-8(2)4-5-11-9/h4-6,10H,3,7H2,1-2H3. The highest BCUT2D eigenvalue weighted by atomic mass is 14.9. The molecule has 0 aromatic carbocycles. The fourth-order valence-corrected chi connectivity index (χ4v) is 0.949. The van der Waals surface area contributed by atoms with E-state index in [4.69, 9.17) is 0 Å². The molecule has 2 nitrogen and oxygen atoms in total. The van der Waals surface area contributed by atoms with Crippen LogP contribution in [0.4, 0.5) is 0 Å². The highest BCUT2D eigenvalue weighted by Gasteiger charge is 1.91. The molecule has 0 saturated heterocycles. The van der Waals surface area contributed by atoms with Crippen molar-refractivity contribution in [3.05, 3.63) is 29.6 Å². The van der Waals surface area contributed by atoms with Crippen LogP contribution >= 0.6 is 0 Å². The third-order valence-corrected chi connectivity index (χ3v) is 1.53. The maximum Gasteiger partial charge on any atom is 0.0544 e. The SMILES string of the molecule is CCNCc1cc(C)ccn1. The van der Waals surface area contributed by atoms with Crippen molar-refractivity contribution in [1.82, 2.24) is 10.3 Å². The summed E-state index contributed by atoms with van der Waals surface area (Å²) in [6.07, 6.45) is 1.85. The summed E-state index contributed by atoms with van der Waals surface area (Å²) in [7, 11) is 0. The fraction of sp³-hybridized carbons (Fsp3) is 0.444. The largest absolute Gasteiger partial charge is 0.311 e. The lowest BCUT2D eigenvalue weighted by Crippen LogP contribution is -2.12. The maximum absolute atomic E-state index is 4.21. The van der Waals surface area contributed by atoms with Gasteiger partial charge in [0.15, 0.2) is 0 Å². The van der Waals surface area contributed by atoms with Crippen LogP contribution in [0.15, 0.2) is 18.3 Å². The summed E-state index contributed by atoms with van der Waals surface area (Å²) < 4.78 is 0. The summed E-state index contributed by atoms with van der Waals surface area (Å²) in [5.74, 6) is 0. The first-order valence-electron chi connectivity index (χ1n) is 3.95. The van der Waals surface area contributed by atoms with E-state index in [0.29, 0.717) is 0 Å². The smallest absolute Gasteiger partial charge is 0.0544 e. The molecular weight excluding hydrogens is 136 g/mol. The number of hydrogen-bond acceptors (Lipinski definition) is 2. The molecular formula is C9H14N2. The third-order valence-electron chi connectivity index (χ3n) is 1.53. The molecule has 0 bridgehead atoms. The second-order valence-electron chi connectivity index (χ2n) is 2.60. The Balaban J connectivity index is 2.56. The second-order valence-corrected chi connectivity index (χ2v) is 2.60. The number of pyridine rings is 1. The van der Waals surface area contributed by atoms with Crippen molar-refractivity contribution in [1.29, 1.82) is 0 Å². The quantitative estimate of drug-likeness (QED) is 0.706. The van der Waals surface area contributed by atoms with Crippen LogP contribution in [0.5, 0.6) is 0 Å². The average molecular weight is 150 g/mol. The number of hydrogen-bond donors (Lipinski definition) is 1. The van der Waals surface area contributed by atoms with Crippen molar-refractivity contribution in [3.63, 3.8) is 0 Å². The summed E-state index contributed by atoms with van der Waals surface area (Å²) >= 11 is 0. The average Bonchev–Trinajstić information content (AvgIpc) is 2.01. The third kappa shape index (κ3) is 2.68. The predicted molar refractivity (Wildman–Crippen MR) is 46.4 cm³/mol. The minimum absolute atomic E-state index is 0.873. The van der Waals surface area contributed by atoms with Crippen LogP contribution < -0.4 is 5.32 Å². The van der Waals surface area contributed by atoms with Gasteiger partial charge in [-0.2, -0.15) is 0 Å². The van der Waals surface area contributed by atoms with E-state index in [1.54, 1.807) is 0 Å². The number of aryl methyl sites for hydroxylation is 1. The topological polar surface area (TPSA) is 24.9 Å². The molecule has 60 valence electrons. The normalized spacial score (nSPS) is 10.0. The van der Waals surface area contributed by atoms with Gasteiger partial charge in [0.05, 0.1) is 5.69 Å². The Morgan fingerprint density at radius 3 is 3.00 bits per heavy atom. The van der Waals surface area contributed by atoms with E-state index >= 15 is 0 Å². The Morgan fingerprint density at radius 1 is 1.55 bits per heavy atom. The van der Waals surface area contributed by atoms with Crippen molar-refractivity contribution in [2.45, 2.75) is 20.4 Å². The molecule has 1 aromatic rings. The summed E-state index contributed by atoms with van der Waals surface area (Å²) in [6, 6.07) is 4.11. The Hall–Kier alpha value is -0.890. The molecule has 11 heavy (non-hydrogen) atoms. The van der Waals surface area contributed by atoms with Gasteiger partial charge in [-0.3, -0.25) is 4.98 Å². The minimum Gasteiger partial charge on any atom is -0.311 e. The Labute approximate surface area is 67.7 Å². The van der Waals surface area contributed by atoms with Crippen LogP contribution in [0, 0.1) is 6.92 Å². The van der Waals surface area contributed by atoms with Crippen molar-refractivity contribution >= 4 is 0 Å². The Bertz CT molecular complexity index is 221. The van der Waals surface area contributed by atoms with E-state index < -0.39 is 0 Å². The first kappa shape index (κ1) is 8.21. The zero-order valence-electron chi connectivity index (χ0n) is 7.09. The van der Waals surface area contributed by atoms with Crippen molar-refractivity contribution in [2.24, 2.45) is 0 Å². The van der Waals surface area contributed by atoms with Crippen molar-refractivity contribution < 1.29 is 0 Å². The summed E-state index contributed by atoms with van der Waals surface area (Å²) in [5.41, 5.74) is 2.39. The zero-order valence-corrected chi connectivity index (χ0v) is 7.09. The van der Waals surface area contributed by atoms with Gasteiger partial charge >= 0.3 is 0 Å². The van der Waals surface area contributed by atoms with Gasteiger partial charge in [-0.05, 0) is 31.2 Å². The molecule has 2 heteroatoms. The van der Waals surface area contributed by atoms with E-state index in [1.807, 2.05) is 12.3 Å². The Kier molecular flexibility index (Phi) is 3.05. The van der Waals surface area contributed by atoms with Crippen LogP contribution in [-0.2, 0) is 6.54 Å². The van der Waals surface area contributed by atoms with Gasteiger partial charge in [0.25, 0.3) is 0 Å². The van der Waals surface area contributed by atoms with Gasteiger partial charge in [0, 0.05) is 12.7 Å². The van der Waals surface area contributed by atoms with E-state index in [-0.39, 0.29) is 0 Å². The lowest BCUT2D eigenvalue weighted by molar-refractivity contribution is 0.710. The van der Waals surface area contributed by atoms with Crippen LogP contribution in [0.25, 0.3) is 0 Å². The van der Waals surface area contributed by atoms with Crippen LogP contribution in [-0.4, -0.2) is 11.5 Å². The molecule has 0 aliphatic heterocycles. The summed E-state index contributed by atoms with van der Waals surface area (Å²) in [6.45, 7) is 6.04. The molecule has 0 radical (unpaired) electrons. The number of nitrogens with one attached hydrogen (secondary N) is 1. The van der Waals surface area contributed by atoms with Crippen LogP contribution in [0.3, 0.4) is 0 Å². The lowest BCUT2D eigenvalue weighted by atomic mass is 10.2. The van der Waals surface area contributed by atoms with Gasteiger partial charge in [0.1, 0.15) is 0 Å². The minimum atomic E-state index is 0.873. The van der Waals surface area contributed by atoms with E-state index in [1.165, 1.54) is 5.56 Å². The first-order valence-corrected chi connectivity index (χ1v) is 3.95. The molecule has 1 rings (SSSR count). The molecule has 0 amide bonds. The molecule has 0 spiro atoms. The summed E-state index contributed by atoms with van der Waals surface area (Å²) in [4.78, 5) is 4.21. The molecule has 0 aliphatic carbocycles. The van der Waals surface area contributed by atoms with Gasteiger partial charge in [-0.25, -0.2) is 0 Å². The molecule has 0 fully saturated rings. The Morgan fingerprint density at radius 2 is 2.36 bits per heavy atom. The van der Waals surface area contributed by atoms with Crippen molar-refractivity contribution in [3.8, 4) is 0 Å². The van der Waals surface area contributed by atoms with Crippen LogP contribution in [0.1, 0.15) is 18.2 Å². The molecule has 1 N–H and O–H groups in total. The predicted octanol–water partition coefficient (Wildman–Crippen LogP) is 1.50. The fourth-order valence-electron chi connectivity index (χ4n) is 0.949. The van der Waals surface area contributed by atoms with Crippen LogP contribution in [0.2, 0.25) is 0 Å². The molecule has 0 aliphatic rings. The highest BCUT2D eigenvalue weighted by molar-refractivity contribution is 5.13. The maximum atomic E-state index is 4.21. The van der Waals surface area contributed by atoms with Crippen molar-refractivity contribution in [2.75, 3.05) is 6.54 Å². The van der Waals surface area contributed by atoms with Gasteiger partial charge in [0.2, 0.25) is 0 Å². The zero-order chi connectivity index (χ0) is 8.10. The van der Waals surface area contributed by atoms with Gasteiger partial charge < -0.3 is 5.32 Å². The van der Waals surface area contributed by atoms with E-state index in [0.717, 1.165) is 18.8 Å².